The quantitative estimate of drug-likeness (QED) is 0.415. The molecule has 166 valence electrons. The predicted molar refractivity (Wildman–Crippen MR) is 122 cm³/mol. The van der Waals surface area contributed by atoms with Crippen LogP contribution >= 0.6 is 0 Å². The van der Waals surface area contributed by atoms with Crippen molar-refractivity contribution >= 4 is 16.9 Å². The number of fused-ring (bicyclic) bond motifs is 1. The number of hydrogen-bond donors (Lipinski definition) is 0. The summed E-state index contributed by atoms with van der Waals surface area (Å²) in [5, 5.41) is 5.72. The molecule has 1 aliphatic heterocycles. The summed E-state index contributed by atoms with van der Waals surface area (Å²) in [6.07, 6.45) is 6.41. The second-order valence-electron chi connectivity index (χ2n) is 7.92. The van der Waals surface area contributed by atoms with Crippen molar-refractivity contribution in [3.63, 3.8) is 0 Å². The molecule has 0 unspecified atom stereocenters. The van der Waals surface area contributed by atoms with E-state index in [0.717, 1.165) is 41.7 Å². The third-order valence-corrected chi connectivity index (χ3v) is 5.76. The maximum Gasteiger partial charge on any atom is 0.246 e. The molecule has 8 heteroatoms. The van der Waals surface area contributed by atoms with Gasteiger partial charge in [0.05, 0.1) is 11.4 Å². The predicted octanol–water partition coefficient (Wildman–Crippen LogP) is 4.77. The summed E-state index contributed by atoms with van der Waals surface area (Å²) in [5.41, 5.74) is 2.38. The first kappa shape index (κ1) is 20.8. The molecule has 1 atom stereocenters. The number of likely N-dealkylation sites (tertiary alicyclic amines) is 1. The summed E-state index contributed by atoms with van der Waals surface area (Å²) in [7, 11) is 0. The first-order valence-electron chi connectivity index (χ1n) is 10.8. The molecule has 0 N–H and O–H groups in total. The van der Waals surface area contributed by atoms with E-state index in [4.69, 9.17) is 9.84 Å². The maximum absolute atomic E-state index is 13.4. The van der Waals surface area contributed by atoms with E-state index in [0.29, 0.717) is 18.0 Å². The minimum atomic E-state index is -0.350. The molecule has 5 rings (SSSR count). The van der Waals surface area contributed by atoms with E-state index >= 15 is 0 Å². The Balaban J connectivity index is 1.45. The highest BCUT2D eigenvalue weighted by Crippen LogP contribution is 2.32. The number of benzene rings is 2. The number of rotatable bonds is 5. The van der Waals surface area contributed by atoms with E-state index in [1.807, 2.05) is 28.9 Å². The van der Waals surface area contributed by atoms with Crippen LogP contribution in [0.15, 0.2) is 73.7 Å². The van der Waals surface area contributed by atoms with Crippen LogP contribution in [0.4, 0.5) is 4.39 Å². The number of piperidine rings is 1. The summed E-state index contributed by atoms with van der Waals surface area (Å²) in [5.74, 6) is 0.606. The molecule has 4 aromatic rings. The molecular formula is C25H22FN5O2. The highest BCUT2D eigenvalue weighted by Gasteiger charge is 2.27. The van der Waals surface area contributed by atoms with E-state index in [1.54, 1.807) is 23.2 Å². The Hall–Kier alpha value is -4.07. The summed E-state index contributed by atoms with van der Waals surface area (Å²) >= 11 is 0. The molecule has 33 heavy (non-hydrogen) atoms. The Bertz CT molecular complexity index is 1320. The molecular weight excluding hydrogens is 421 g/mol. The number of aromatic nitrogens is 4. The van der Waals surface area contributed by atoms with Gasteiger partial charge in [-0.15, -0.1) is 0 Å². The molecule has 0 spiro atoms. The van der Waals surface area contributed by atoms with Gasteiger partial charge in [0.1, 0.15) is 29.3 Å². The second-order valence-corrected chi connectivity index (χ2v) is 7.92. The molecule has 1 aliphatic rings. The molecule has 1 amide bonds. The highest BCUT2D eigenvalue weighted by molar-refractivity contribution is 5.90. The van der Waals surface area contributed by atoms with Gasteiger partial charge in [0.15, 0.2) is 5.65 Å². The fourth-order valence-corrected chi connectivity index (χ4v) is 4.18. The van der Waals surface area contributed by atoms with Crippen molar-refractivity contribution in [2.75, 3.05) is 13.1 Å². The lowest BCUT2D eigenvalue weighted by Gasteiger charge is -2.32. The normalized spacial score (nSPS) is 16.0. The zero-order valence-corrected chi connectivity index (χ0v) is 17.9. The van der Waals surface area contributed by atoms with Crippen molar-refractivity contribution in [1.82, 2.24) is 24.6 Å². The van der Waals surface area contributed by atoms with Gasteiger partial charge in [0.2, 0.25) is 5.91 Å². The Morgan fingerprint density at radius 1 is 1.18 bits per heavy atom. The van der Waals surface area contributed by atoms with Crippen molar-refractivity contribution in [3.05, 3.63) is 79.5 Å². The van der Waals surface area contributed by atoms with E-state index in [-0.39, 0.29) is 17.8 Å². The van der Waals surface area contributed by atoms with E-state index in [1.165, 1.54) is 24.5 Å². The van der Waals surface area contributed by atoms with Crippen LogP contribution in [0.1, 0.15) is 18.9 Å². The van der Waals surface area contributed by atoms with Crippen LogP contribution in [-0.2, 0) is 4.79 Å². The molecule has 0 saturated carbocycles. The first-order chi connectivity index (χ1) is 16.1. The number of ether oxygens (including phenoxy) is 1. The number of carbonyl (C=O) groups is 1. The Labute approximate surface area is 190 Å². The van der Waals surface area contributed by atoms with E-state index in [2.05, 4.69) is 16.5 Å². The largest absolute Gasteiger partial charge is 0.457 e. The molecule has 3 heterocycles. The number of halogens is 1. The topological polar surface area (TPSA) is 73.1 Å². The van der Waals surface area contributed by atoms with Gasteiger partial charge < -0.3 is 9.64 Å². The third kappa shape index (κ3) is 4.19. The molecule has 0 bridgehead atoms. The Kier molecular flexibility index (Phi) is 5.56. The zero-order valence-electron chi connectivity index (χ0n) is 17.9. The summed E-state index contributed by atoms with van der Waals surface area (Å²) < 4.78 is 21.1. The van der Waals surface area contributed by atoms with Gasteiger partial charge in [0, 0.05) is 30.9 Å². The number of carbonyl (C=O) groups excluding carboxylic acids is 1. The highest BCUT2D eigenvalue weighted by atomic mass is 19.1. The maximum atomic E-state index is 13.4. The van der Waals surface area contributed by atoms with Gasteiger partial charge in [0.25, 0.3) is 0 Å². The SMILES string of the molecule is C=CC(=O)N1CCC[C@H](n2nc(-c3ccc(Oc4cccc(F)c4)cc3)c3cncnc32)C1. The lowest BCUT2D eigenvalue weighted by atomic mass is 10.1. The van der Waals surface area contributed by atoms with Crippen LogP contribution in [0.2, 0.25) is 0 Å². The van der Waals surface area contributed by atoms with Crippen LogP contribution < -0.4 is 4.74 Å². The van der Waals surface area contributed by atoms with Crippen LogP contribution in [0, 0.1) is 5.82 Å². The molecule has 2 aromatic carbocycles. The number of amides is 1. The molecule has 1 saturated heterocycles. The van der Waals surface area contributed by atoms with Crippen molar-refractivity contribution in [3.8, 4) is 22.8 Å². The van der Waals surface area contributed by atoms with Gasteiger partial charge >= 0.3 is 0 Å². The number of nitrogens with zero attached hydrogens (tertiary/aromatic N) is 5. The minimum Gasteiger partial charge on any atom is -0.457 e. The minimum absolute atomic E-state index is 0.0179. The van der Waals surface area contributed by atoms with Crippen LogP contribution in [0.25, 0.3) is 22.3 Å². The van der Waals surface area contributed by atoms with Gasteiger partial charge in [-0.25, -0.2) is 19.0 Å². The Morgan fingerprint density at radius 3 is 2.82 bits per heavy atom. The van der Waals surface area contributed by atoms with Crippen LogP contribution in [0.5, 0.6) is 11.5 Å². The second kappa shape index (κ2) is 8.82. The molecule has 7 nitrogen and oxygen atoms in total. The Morgan fingerprint density at radius 2 is 2.03 bits per heavy atom. The number of hydrogen-bond acceptors (Lipinski definition) is 5. The van der Waals surface area contributed by atoms with Gasteiger partial charge in [-0.1, -0.05) is 12.6 Å². The summed E-state index contributed by atoms with van der Waals surface area (Å²) in [4.78, 5) is 22.6. The third-order valence-electron chi connectivity index (χ3n) is 5.76. The average Bonchev–Trinajstić information content (AvgIpc) is 3.24. The van der Waals surface area contributed by atoms with Crippen LogP contribution in [-0.4, -0.2) is 43.6 Å². The van der Waals surface area contributed by atoms with Gasteiger partial charge in [-0.3, -0.25) is 4.79 Å². The fraction of sp³-hybridized carbons (Fsp3) is 0.200. The standard InChI is InChI=1S/C25H22FN5O2/c1-2-23(32)30-12-4-6-19(15-30)31-25-22(14-27-16-28-25)24(29-31)17-8-10-20(11-9-17)33-21-7-3-5-18(26)13-21/h2-3,5,7-11,13-14,16,19H,1,4,6,12,15H2/t19-/m0/s1. The summed E-state index contributed by atoms with van der Waals surface area (Å²) in [6, 6.07) is 13.5. The fourth-order valence-electron chi connectivity index (χ4n) is 4.18. The van der Waals surface area contributed by atoms with E-state index < -0.39 is 0 Å². The lowest BCUT2D eigenvalue weighted by Crippen LogP contribution is -2.40. The van der Waals surface area contributed by atoms with E-state index in [9.17, 15) is 9.18 Å². The smallest absolute Gasteiger partial charge is 0.246 e. The average molecular weight is 443 g/mol. The van der Waals surface area contributed by atoms with Gasteiger partial charge in [-0.2, -0.15) is 5.10 Å². The van der Waals surface area contributed by atoms with Crippen molar-refractivity contribution in [2.45, 2.75) is 18.9 Å². The molecule has 0 radical (unpaired) electrons. The van der Waals surface area contributed by atoms with Crippen molar-refractivity contribution in [2.24, 2.45) is 0 Å². The monoisotopic (exact) mass is 443 g/mol. The van der Waals surface area contributed by atoms with Crippen LogP contribution in [0.3, 0.4) is 0 Å². The van der Waals surface area contributed by atoms with Crippen molar-refractivity contribution in [1.29, 1.82) is 0 Å². The van der Waals surface area contributed by atoms with Gasteiger partial charge in [-0.05, 0) is 55.3 Å². The zero-order chi connectivity index (χ0) is 22.8. The first-order valence-corrected chi connectivity index (χ1v) is 10.8. The molecule has 2 aromatic heterocycles. The molecule has 0 aliphatic carbocycles. The lowest BCUT2D eigenvalue weighted by molar-refractivity contribution is -0.127. The van der Waals surface area contributed by atoms with Crippen molar-refractivity contribution < 1.29 is 13.9 Å². The summed E-state index contributed by atoms with van der Waals surface area (Å²) in [6.45, 7) is 4.88. The molecule has 1 fully saturated rings.